The predicted octanol–water partition coefficient (Wildman–Crippen LogP) is 3.17. The van der Waals surface area contributed by atoms with Crippen molar-refractivity contribution in [1.29, 1.82) is 0 Å². The molecule has 1 fully saturated rings. The number of nitrogens with zero attached hydrogens (tertiary/aromatic N) is 3. The summed E-state index contributed by atoms with van der Waals surface area (Å²) in [6.45, 7) is 2.37. The van der Waals surface area contributed by atoms with Crippen LogP contribution in [0.2, 0.25) is 0 Å². The van der Waals surface area contributed by atoms with Crippen LogP contribution in [0.25, 0.3) is 15.3 Å². The number of fused-ring (bicyclic) bond motifs is 1. The molecule has 0 N–H and O–H groups in total. The molecule has 0 radical (unpaired) electrons. The minimum Gasteiger partial charge on any atom is -0.371 e. The zero-order valence-electron chi connectivity index (χ0n) is 11.2. The van der Waals surface area contributed by atoms with Crippen LogP contribution in [-0.2, 0) is 0 Å². The van der Waals surface area contributed by atoms with Crippen molar-refractivity contribution in [2.24, 2.45) is 0 Å². The number of anilines is 1. The van der Waals surface area contributed by atoms with Crippen LogP contribution in [0, 0.1) is 0 Å². The first-order valence-electron chi connectivity index (χ1n) is 7.02. The van der Waals surface area contributed by atoms with Gasteiger partial charge < -0.3 is 4.90 Å². The summed E-state index contributed by atoms with van der Waals surface area (Å²) >= 11 is 1.73. The number of para-hydroxylation sites is 1. The molecule has 0 aliphatic carbocycles. The Balaban J connectivity index is 1.67. The second-order valence-electron chi connectivity index (χ2n) is 5.12. The summed E-state index contributed by atoms with van der Waals surface area (Å²) in [7, 11) is 0. The van der Waals surface area contributed by atoms with Crippen molar-refractivity contribution in [2.75, 3.05) is 18.0 Å². The smallest absolute Gasteiger partial charge is 0.371 e. The van der Waals surface area contributed by atoms with Crippen molar-refractivity contribution in [2.45, 2.75) is 12.8 Å². The third-order valence-corrected chi connectivity index (χ3v) is 4.84. The Morgan fingerprint density at radius 2 is 1.75 bits per heavy atom. The molecular weight excluding hydrogens is 266 g/mol. The van der Waals surface area contributed by atoms with Crippen LogP contribution in [0.4, 0.5) is 5.69 Å². The monoisotopic (exact) mass is 282 g/mol. The minimum atomic E-state index is 1.03. The molecule has 0 saturated carbocycles. The summed E-state index contributed by atoms with van der Waals surface area (Å²) in [4.78, 5) is 7.13. The predicted molar refractivity (Wildman–Crippen MR) is 82.6 cm³/mol. The average Bonchev–Trinajstić information content (AvgIpc) is 3.17. The molecule has 1 aromatic carbocycles. The number of benzene rings is 1. The third kappa shape index (κ3) is 2.06. The van der Waals surface area contributed by atoms with Gasteiger partial charge in [-0.3, -0.25) is 0 Å². The molecule has 20 heavy (non-hydrogen) atoms. The van der Waals surface area contributed by atoms with E-state index in [1.54, 1.807) is 11.3 Å². The second-order valence-corrected chi connectivity index (χ2v) is 6.13. The van der Waals surface area contributed by atoms with Gasteiger partial charge in [0, 0.05) is 30.9 Å². The molecule has 0 bridgehead atoms. The number of thiazole rings is 1. The van der Waals surface area contributed by atoms with Gasteiger partial charge in [-0.05, 0) is 41.3 Å². The molecule has 3 heterocycles. The quantitative estimate of drug-likeness (QED) is 0.673. The molecule has 4 rings (SSSR count). The van der Waals surface area contributed by atoms with Gasteiger partial charge in [0.05, 0.1) is 17.1 Å². The molecule has 0 amide bonds. The van der Waals surface area contributed by atoms with Gasteiger partial charge in [-0.15, -0.1) is 0 Å². The highest BCUT2D eigenvalue weighted by Crippen LogP contribution is 2.22. The maximum Gasteiger partial charge on any atom is 0.388 e. The molecule has 0 spiro atoms. The molecule has 1 saturated heterocycles. The summed E-state index contributed by atoms with van der Waals surface area (Å²) in [6, 6.07) is 12.7. The Hall–Kier alpha value is -1.94. The fraction of sp³-hybridized carbons (Fsp3) is 0.250. The number of hydrogen-bond donors (Lipinski definition) is 0. The number of aromatic nitrogens is 2. The Morgan fingerprint density at radius 1 is 1.00 bits per heavy atom. The van der Waals surface area contributed by atoms with Crippen molar-refractivity contribution < 1.29 is 4.57 Å². The van der Waals surface area contributed by atoms with Crippen LogP contribution in [-0.4, -0.2) is 18.1 Å². The van der Waals surface area contributed by atoms with Gasteiger partial charge in [-0.2, -0.15) is 4.57 Å². The van der Waals surface area contributed by atoms with Gasteiger partial charge in [0.1, 0.15) is 0 Å². The van der Waals surface area contributed by atoms with Crippen LogP contribution in [0.5, 0.6) is 0 Å². The lowest BCUT2D eigenvalue weighted by Gasteiger charge is -2.16. The molecule has 0 unspecified atom stereocenters. The van der Waals surface area contributed by atoms with E-state index in [0.717, 1.165) is 10.6 Å². The average molecular weight is 282 g/mol. The molecule has 0 atom stereocenters. The van der Waals surface area contributed by atoms with Gasteiger partial charge >= 0.3 is 5.13 Å². The van der Waals surface area contributed by atoms with E-state index in [4.69, 9.17) is 0 Å². The summed E-state index contributed by atoms with van der Waals surface area (Å²) in [5.74, 6) is 0. The van der Waals surface area contributed by atoms with E-state index in [-0.39, 0.29) is 0 Å². The third-order valence-electron chi connectivity index (χ3n) is 3.79. The van der Waals surface area contributed by atoms with E-state index >= 15 is 0 Å². The molecule has 4 heteroatoms. The van der Waals surface area contributed by atoms with Crippen molar-refractivity contribution in [3.8, 4) is 5.13 Å². The second kappa shape index (κ2) is 4.87. The highest BCUT2D eigenvalue weighted by atomic mass is 32.1. The Bertz CT molecular complexity index is 694. The van der Waals surface area contributed by atoms with Crippen molar-refractivity contribution >= 4 is 27.2 Å². The van der Waals surface area contributed by atoms with Gasteiger partial charge in [0.2, 0.25) is 0 Å². The topological polar surface area (TPSA) is 20.0 Å². The first-order chi connectivity index (χ1) is 9.90. The van der Waals surface area contributed by atoms with E-state index in [1.165, 1.54) is 36.3 Å². The SMILES string of the molecule is c1ccc2sc(-[n+]3ccc(N4CCCC4)cc3)nc2c1. The van der Waals surface area contributed by atoms with Crippen molar-refractivity contribution in [3.05, 3.63) is 48.8 Å². The van der Waals surface area contributed by atoms with Crippen molar-refractivity contribution in [3.63, 3.8) is 0 Å². The summed E-state index contributed by atoms with van der Waals surface area (Å²) < 4.78 is 3.34. The highest BCUT2D eigenvalue weighted by Gasteiger charge is 2.16. The van der Waals surface area contributed by atoms with Gasteiger partial charge in [-0.25, -0.2) is 0 Å². The van der Waals surface area contributed by atoms with Crippen LogP contribution < -0.4 is 9.47 Å². The Morgan fingerprint density at radius 3 is 2.50 bits per heavy atom. The lowest BCUT2D eigenvalue weighted by atomic mass is 10.3. The number of pyridine rings is 1. The normalized spacial score (nSPS) is 15.1. The summed E-state index contributed by atoms with van der Waals surface area (Å²) in [5, 5.41) is 1.03. The zero-order chi connectivity index (χ0) is 13.4. The zero-order valence-corrected chi connectivity index (χ0v) is 12.0. The van der Waals surface area contributed by atoms with Crippen LogP contribution in [0.15, 0.2) is 48.8 Å². The first-order valence-corrected chi connectivity index (χ1v) is 7.84. The maximum absolute atomic E-state index is 4.68. The molecule has 1 aliphatic heterocycles. The first kappa shape index (κ1) is 11.9. The van der Waals surface area contributed by atoms with E-state index in [1.807, 2.05) is 6.07 Å². The molecular formula is C16H16N3S+. The molecule has 1 aliphatic rings. The van der Waals surface area contributed by atoms with Gasteiger partial charge in [0.15, 0.2) is 5.52 Å². The number of hydrogen-bond acceptors (Lipinski definition) is 3. The molecule has 2 aromatic heterocycles. The lowest BCUT2D eigenvalue weighted by Crippen LogP contribution is -2.30. The van der Waals surface area contributed by atoms with Gasteiger partial charge in [-0.1, -0.05) is 12.1 Å². The molecule has 3 aromatic rings. The fourth-order valence-corrected chi connectivity index (χ4v) is 3.64. The van der Waals surface area contributed by atoms with Crippen LogP contribution in [0.3, 0.4) is 0 Å². The van der Waals surface area contributed by atoms with E-state index in [0.29, 0.717) is 0 Å². The van der Waals surface area contributed by atoms with E-state index < -0.39 is 0 Å². The lowest BCUT2D eigenvalue weighted by molar-refractivity contribution is -0.595. The number of rotatable bonds is 2. The molecule has 3 nitrogen and oxygen atoms in total. The van der Waals surface area contributed by atoms with E-state index in [9.17, 15) is 0 Å². The highest BCUT2D eigenvalue weighted by molar-refractivity contribution is 7.20. The minimum absolute atomic E-state index is 1.03. The van der Waals surface area contributed by atoms with Gasteiger partial charge in [0.25, 0.3) is 0 Å². The largest absolute Gasteiger partial charge is 0.388 e. The van der Waals surface area contributed by atoms with E-state index in [2.05, 4.69) is 57.2 Å². The Kier molecular flexibility index (Phi) is 2.89. The fourth-order valence-electron chi connectivity index (χ4n) is 2.70. The van der Waals surface area contributed by atoms with Crippen LogP contribution in [0.1, 0.15) is 12.8 Å². The maximum atomic E-state index is 4.68. The summed E-state index contributed by atoms with van der Waals surface area (Å²) in [6.07, 6.45) is 6.86. The molecule has 100 valence electrons. The summed E-state index contributed by atoms with van der Waals surface area (Å²) in [5.41, 5.74) is 2.39. The van der Waals surface area contributed by atoms with Crippen LogP contribution >= 0.6 is 11.3 Å². The standard InChI is InChI=1S/C16H16N3S/c1-2-6-15-14(5-1)17-16(20-15)19-11-7-13(8-12-19)18-9-3-4-10-18/h1-2,5-8,11-12H,3-4,9-10H2/q+1. The Labute approximate surface area is 122 Å². The van der Waals surface area contributed by atoms with Crippen molar-refractivity contribution in [1.82, 2.24) is 4.98 Å².